The van der Waals surface area contributed by atoms with Gasteiger partial charge >= 0.3 is 0 Å². The molecule has 2 aromatic carbocycles. The molecule has 0 saturated heterocycles. The molecule has 1 heterocycles. The maximum atomic E-state index is 12.2. The third kappa shape index (κ3) is 4.84. The third-order valence-electron chi connectivity index (χ3n) is 3.80. The van der Waals surface area contributed by atoms with Gasteiger partial charge in [-0.2, -0.15) is 5.10 Å². The number of hydrogen-bond donors (Lipinski definition) is 1. The monoisotopic (exact) mass is 373 g/mol. The first-order valence-electron chi connectivity index (χ1n) is 7.91. The number of rotatable bonds is 6. The van der Waals surface area contributed by atoms with Gasteiger partial charge in [-0.25, -0.2) is 4.68 Å². The van der Waals surface area contributed by atoms with Crippen LogP contribution >= 0.6 is 23.2 Å². The van der Waals surface area contributed by atoms with Gasteiger partial charge in [-0.3, -0.25) is 4.79 Å². The Morgan fingerprint density at radius 1 is 1.08 bits per heavy atom. The number of carbonyl (C=O) groups excluding carboxylic acids is 1. The Hall–Kier alpha value is -2.30. The minimum absolute atomic E-state index is 0.0826. The van der Waals surface area contributed by atoms with Crippen molar-refractivity contribution in [3.8, 4) is 0 Å². The number of benzene rings is 2. The van der Waals surface area contributed by atoms with Crippen LogP contribution in [0.1, 0.15) is 17.5 Å². The summed E-state index contributed by atoms with van der Waals surface area (Å²) in [4.78, 5) is 12.2. The number of nitrogens with zero attached hydrogens (tertiary/aromatic N) is 2. The molecule has 25 heavy (non-hydrogen) atoms. The number of carbonyl (C=O) groups is 1. The van der Waals surface area contributed by atoms with Crippen LogP contribution in [-0.4, -0.2) is 15.7 Å². The molecule has 0 spiro atoms. The molecule has 0 aliphatic carbocycles. The molecule has 0 aliphatic heterocycles. The van der Waals surface area contributed by atoms with E-state index in [9.17, 15) is 4.79 Å². The van der Waals surface area contributed by atoms with Gasteiger partial charge in [0.2, 0.25) is 5.91 Å². The van der Waals surface area contributed by atoms with Crippen molar-refractivity contribution in [3.63, 3.8) is 0 Å². The standard InChI is InChI=1S/C19H17Cl2N3O/c20-16-8-6-15(17(21)12-16)7-9-19(25)23-18-10-11-22-24(18)13-14-4-2-1-3-5-14/h1-6,8,10-12H,7,9,13H2,(H,23,25). The summed E-state index contributed by atoms with van der Waals surface area (Å²) in [6, 6.07) is 17.1. The van der Waals surface area contributed by atoms with Crippen LogP contribution in [0, 0.1) is 0 Å². The zero-order valence-corrected chi connectivity index (χ0v) is 15.0. The van der Waals surface area contributed by atoms with Crippen molar-refractivity contribution >= 4 is 34.9 Å². The van der Waals surface area contributed by atoms with Gasteiger partial charge in [-0.1, -0.05) is 59.6 Å². The molecule has 4 nitrogen and oxygen atoms in total. The minimum Gasteiger partial charge on any atom is -0.311 e. The van der Waals surface area contributed by atoms with Crippen molar-refractivity contribution in [2.45, 2.75) is 19.4 Å². The zero-order valence-electron chi connectivity index (χ0n) is 13.5. The molecule has 1 N–H and O–H groups in total. The molecule has 0 fully saturated rings. The summed E-state index contributed by atoms with van der Waals surface area (Å²) < 4.78 is 1.77. The number of anilines is 1. The van der Waals surface area contributed by atoms with E-state index in [2.05, 4.69) is 10.4 Å². The number of aryl methyl sites for hydroxylation is 1. The largest absolute Gasteiger partial charge is 0.311 e. The predicted octanol–water partition coefficient (Wildman–Crippen LogP) is 4.81. The van der Waals surface area contributed by atoms with Crippen molar-refractivity contribution in [1.29, 1.82) is 0 Å². The van der Waals surface area contributed by atoms with E-state index in [0.29, 0.717) is 35.2 Å². The molecule has 1 amide bonds. The topological polar surface area (TPSA) is 46.9 Å². The van der Waals surface area contributed by atoms with Crippen LogP contribution in [0.25, 0.3) is 0 Å². The lowest BCUT2D eigenvalue weighted by Crippen LogP contribution is -2.16. The second-order valence-electron chi connectivity index (χ2n) is 5.64. The summed E-state index contributed by atoms with van der Waals surface area (Å²) in [5.74, 6) is 0.594. The van der Waals surface area contributed by atoms with Crippen molar-refractivity contribution in [2.75, 3.05) is 5.32 Å². The fourth-order valence-corrected chi connectivity index (χ4v) is 3.00. The van der Waals surface area contributed by atoms with Gasteiger partial charge in [0.25, 0.3) is 0 Å². The highest BCUT2D eigenvalue weighted by molar-refractivity contribution is 6.35. The molecule has 0 radical (unpaired) electrons. The van der Waals surface area contributed by atoms with Crippen LogP contribution in [0.4, 0.5) is 5.82 Å². The van der Waals surface area contributed by atoms with Crippen LogP contribution in [-0.2, 0) is 17.8 Å². The second-order valence-corrected chi connectivity index (χ2v) is 6.49. The van der Waals surface area contributed by atoms with Crippen molar-refractivity contribution in [2.24, 2.45) is 0 Å². The fourth-order valence-electron chi connectivity index (χ4n) is 2.50. The van der Waals surface area contributed by atoms with E-state index in [0.717, 1.165) is 11.1 Å². The second kappa shape index (κ2) is 8.19. The van der Waals surface area contributed by atoms with Gasteiger partial charge in [0.15, 0.2) is 0 Å². The average molecular weight is 374 g/mol. The van der Waals surface area contributed by atoms with Crippen LogP contribution in [0.3, 0.4) is 0 Å². The summed E-state index contributed by atoms with van der Waals surface area (Å²) in [5.41, 5.74) is 2.02. The predicted molar refractivity (Wildman–Crippen MR) is 101 cm³/mol. The fraction of sp³-hybridized carbons (Fsp3) is 0.158. The molecular formula is C19H17Cl2N3O. The van der Waals surface area contributed by atoms with Gasteiger partial charge in [0.1, 0.15) is 5.82 Å². The molecule has 0 unspecified atom stereocenters. The summed E-state index contributed by atoms with van der Waals surface area (Å²) >= 11 is 12.0. The van der Waals surface area contributed by atoms with Gasteiger partial charge in [-0.05, 0) is 29.7 Å². The molecular weight excluding hydrogens is 357 g/mol. The van der Waals surface area contributed by atoms with E-state index >= 15 is 0 Å². The summed E-state index contributed by atoms with van der Waals surface area (Å²) in [6.45, 7) is 0.604. The van der Waals surface area contributed by atoms with E-state index in [-0.39, 0.29) is 5.91 Å². The summed E-state index contributed by atoms with van der Waals surface area (Å²) in [5, 5.41) is 8.34. The van der Waals surface area contributed by atoms with Crippen molar-refractivity contribution < 1.29 is 4.79 Å². The first-order chi connectivity index (χ1) is 12.1. The average Bonchev–Trinajstić information content (AvgIpc) is 3.02. The van der Waals surface area contributed by atoms with Crippen LogP contribution in [0.2, 0.25) is 10.0 Å². The summed E-state index contributed by atoms with van der Waals surface area (Å²) in [6.07, 6.45) is 2.56. The first kappa shape index (κ1) is 17.5. The number of hydrogen-bond acceptors (Lipinski definition) is 2. The number of aromatic nitrogens is 2. The Kier molecular flexibility index (Phi) is 5.74. The molecule has 3 rings (SSSR count). The first-order valence-corrected chi connectivity index (χ1v) is 8.67. The van der Waals surface area contributed by atoms with Gasteiger partial charge < -0.3 is 5.32 Å². The van der Waals surface area contributed by atoms with Crippen LogP contribution in [0.15, 0.2) is 60.8 Å². The van der Waals surface area contributed by atoms with Crippen molar-refractivity contribution in [1.82, 2.24) is 9.78 Å². The molecule has 6 heteroatoms. The maximum Gasteiger partial charge on any atom is 0.225 e. The molecule has 0 saturated carbocycles. The Morgan fingerprint density at radius 2 is 1.88 bits per heavy atom. The molecule has 0 aliphatic rings. The Labute approximate surface area is 156 Å². The van der Waals surface area contributed by atoms with Crippen molar-refractivity contribution in [3.05, 3.63) is 82.0 Å². The minimum atomic E-state index is -0.0826. The van der Waals surface area contributed by atoms with E-state index in [1.807, 2.05) is 36.4 Å². The molecule has 128 valence electrons. The van der Waals surface area contributed by atoms with Crippen LogP contribution in [0.5, 0.6) is 0 Å². The van der Waals surface area contributed by atoms with Crippen LogP contribution < -0.4 is 5.32 Å². The van der Waals surface area contributed by atoms with E-state index in [1.54, 1.807) is 29.1 Å². The van der Waals surface area contributed by atoms with E-state index < -0.39 is 0 Å². The molecule has 1 aromatic heterocycles. The summed E-state index contributed by atoms with van der Waals surface area (Å²) in [7, 11) is 0. The van der Waals surface area contributed by atoms with Gasteiger partial charge in [0, 0.05) is 22.5 Å². The maximum absolute atomic E-state index is 12.2. The number of nitrogens with one attached hydrogen (secondary N) is 1. The lowest BCUT2D eigenvalue weighted by Gasteiger charge is -2.10. The Bertz CT molecular complexity index is 862. The van der Waals surface area contributed by atoms with Gasteiger partial charge in [-0.15, -0.1) is 0 Å². The molecule has 0 bridgehead atoms. The number of amides is 1. The van der Waals surface area contributed by atoms with Gasteiger partial charge in [0.05, 0.1) is 12.7 Å². The smallest absolute Gasteiger partial charge is 0.225 e. The Balaban J connectivity index is 1.59. The highest BCUT2D eigenvalue weighted by Crippen LogP contribution is 2.22. The van der Waals surface area contributed by atoms with E-state index in [1.165, 1.54) is 0 Å². The number of halogens is 2. The lowest BCUT2D eigenvalue weighted by molar-refractivity contribution is -0.116. The highest BCUT2D eigenvalue weighted by atomic mass is 35.5. The SMILES string of the molecule is O=C(CCc1ccc(Cl)cc1Cl)Nc1ccnn1Cc1ccccc1. The normalized spacial score (nSPS) is 10.6. The lowest BCUT2D eigenvalue weighted by atomic mass is 10.1. The van der Waals surface area contributed by atoms with E-state index in [4.69, 9.17) is 23.2 Å². The molecule has 3 aromatic rings. The third-order valence-corrected chi connectivity index (χ3v) is 4.38. The quantitative estimate of drug-likeness (QED) is 0.673. The zero-order chi connectivity index (χ0) is 17.6. The highest BCUT2D eigenvalue weighted by Gasteiger charge is 2.09. The molecule has 0 atom stereocenters. The Morgan fingerprint density at radius 3 is 2.64 bits per heavy atom.